The van der Waals surface area contributed by atoms with Gasteiger partial charge in [0.15, 0.2) is 0 Å². The van der Waals surface area contributed by atoms with E-state index < -0.39 is 0 Å². The summed E-state index contributed by atoms with van der Waals surface area (Å²) in [6.07, 6.45) is 1.96. The van der Waals surface area contributed by atoms with Crippen LogP contribution in [0.4, 0.5) is 0 Å². The summed E-state index contributed by atoms with van der Waals surface area (Å²) in [6.45, 7) is 6.22. The fourth-order valence-electron chi connectivity index (χ4n) is 1.74. The van der Waals surface area contributed by atoms with E-state index in [4.69, 9.17) is 4.74 Å². The van der Waals surface area contributed by atoms with E-state index in [-0.39, 0.29) is 12.0 Å². The average Bonchev–Trinajstić information content (AvgIpc) is 2.43. The normalized spacial score (nSPS) is 14.2. The van der Waals surface area contributed by atoms with Crippen LogP contribution >= 0.6 is 0 Å². The Morgan fingerprint density at radius 1 is 1.39 bits per heavy atom. The molecular formula is C15H25NO2. The van der Waals surface area contributed by atoms with Gasteiger partial charge in [0, 0.05) is 18.6 Å². The number of benzene rings is 1. The van der Waals surface area contributed by atoms with Crippen LogP contribution in [0.3, 0.4) is 0 Å². The van der Waals surface area contributed by atoms with Crippen LogP contribution in [0.2, 0.25) is 0 Å². The van der Waals surface area contributed by atoms with Crippen molar-refractivity contribution in [1.82, 2.24) is 5.32 Å². The molecular weight excluding hydrogens is 226 g/mol. The molecule has 3 nitrogen and oxygen atoms in total. The predicted octanol–water partition coefficient (Wildman–Crippen LogP) is 2.24. The molecule has 0 saturated carbocycles. The molecule has 1 unspecified atom stereocenters. The molecule has 3 heteroatoms. The van der Waals surface area contributed by atoms with Gasteiger partial charge in [-0.2, -0.15) is 0 Å². The van der Waals surface area contributed by atoms with Crippen molar-refractivity contribution in [3.63, 3.8) is 0 Å². The molecule has 0 aliphatic rings. The van der Waals surface area contributed by atoms with Crippen molar-refractivity contribution in [2.45, 2.75) is 26.7 Å². The van der Waals surface area contributed by atoms with Gasteiger partial charge in [-0.05, 0) is 37.1 Å². The van der Waals surface area contributed by atoms with Crippen LogP contribution in [0, 0.1) is 5.41 Å². The Kier molecular flexibility index (Phi) is 6.16. The van der Waals surface area contributed by atoms with Crippen molar-refractivity contribution in [2.75, 3.05) is 26.8 Å². The van der Waals surface area contributed by atoms with E-state index in [9.17, 15) is 5.11 Å². The minimum Gasteiger partial charge on any atom is -0.497 e. The summed E-state index contributed by atoms with van der Waals surface area (Å²) in [4.78, 5) is 0. The highest BCUT2D eigenvalue weighted by atomic mass is 16.5. The van der Waals surface area contributed by atoms with Gasteiger partial charge in [-0.15, -0.1) is 0 Å². The first kappa shape index (κ1) is 15.0. The van der Waals surface area contributed by atoms with Gasteiger partial charge >= 0.3 is 0 Å². The van der Waals surface area contributed by atoms with Gasteiger partial charge in [0.1, 0.15) is 5.75 Å². The van der Waals surface area contributed by atoms with Crippen molar-refractivity contribution in [3.8, 4) is 5.75 Å². The highest BCUT2D eigenvalue weighted by Crippen LogP contribution is 2.18. The lowest BCUT2D eigenvalue weighted by molar-refractivity contribution is 0.136. The third-order valence-electron chi connectivity index (χ3n) is 3.51. The van der Waals surface area contributed by atoms with Crippen LogP contribution < -0.4 is 10.1 Å². The molecule has 0 aromatic heterocycles. The molecule has 1 rings (SSSR count). The number of aliphatic hydroxyl groups is 1. The smallest absolute Gasteiger partial charge is 0.119 e. The zero-order valence-corrected chi connectivity index (χ0v) is 11.7. The number of aliphatic hydroxyl groups excluding tert-OH is 1. The average molecular weight is 251 g/mol. The predicted molar refractivity (Wildman–Crippen MR) is 75.1 cm³/mol. The Labute approximate surface area is 110 Å². The second kappa shape index (κ2) is 7.39. The monoisotopic (exact) mass is 251 g/mol. The molecule has 1 aromatic rings. The molecule has 1 aromatic carbocycles. The van der Waals surface area contributed by atoms with Crippen molar-refractivity contribution in [2.24, 2.45) is 5.41 Å². The van der Waals surface area contributed by atoms with E-state index in [2.05, 4.69) is 31.3 Å². The van der Waals surface area contributed by atoms with Crippen LogP contribution in [0.15, 0.2) is 24.3 Å². The third kappa shape index (κ3) is 4.67. The Morgan fingerprint density at radius 2 is 2.17 bits per heavy atom. The van der Waals surface area contributed by atoms with Gasteiger partial charge in [-0.3, -0.25) is 0 Å². The summed E-state index contributed by atoms with van der Waals surface area (Å²) in [5, 5.41) is 12.7. The molecule has 0 heterocycles. The molecule has 0 spiro atoms. The van der Waals surface area contributed by atoms with Gasteiger partial charge in [0.25, 0.3) is 0 Å². The fourth-order valence-corrected chi connectivity index (χ4v) is 1.74. The van der Waals surface area contributed by atoms with Crippen molar-refractivity contribution in [1.29, 1.82) is 0 Å². The molecule has 0 aliphatic carbocycles. The molecule has 1 atom stereocenters. The summed E-state index contributed by atoms with van der Waals surface area (Å²) < 4.78 is 5.20. The lowest BCUT2D eigenvalue weighted by Gasteiger charge is -2.25. The summed E-state index contributed by atoms with van der Waals surface area (Å²) in [5.41, 5.74) is 1.26. The van der Waals surface area contributed by atoms with E-state index in [0.717, 1.165) is 31.7 Å². The zero-order valence-electron chi connectivity index (χ0n) is 11.7. The molecule has 0 amide bonds. The van der Waals surface area contributed by atoms with Gasteiger partial charge in [0.05, 0.1) is 7.11 Å². The van der Waals surface area contributed by atoms with E-state index in [0.29, 0.717) is 0 Å². The van der Waals surface area contributed by atoms with E-state index in [1.54, 1.807) is 7.11 Å². The number of hydrogen-bond acceptors (Lipinski definition) is 3. The highest BCUT2D eigenvalue weighted by molar-refractivity contribution is 5.28. The molecule has 0 aliphatic heterocycles. The van der Waals surface area contributed by atoms with Crippen LogP contribution in [-0.4, -0.2) is 31.9 Å². The van der Waals surface area contributed by atoms with Gasteiger partial charge in [-0.1, -0.05) is 26.0 Å². The zero-order chi connectivity index (χ0) is 13.4. The molecule has 2 N–H and O–H groups in total. The number of rotatable bonds is 8. The Morgan fingerprint density at radius 3 is 2.78 bits per heavy atom. The number of nitrogens with one attached hydrogen (secondary N) is 1. The molecule has 102 valence electrons. The summed E-state index contributed by atoms with van der Waals surface area (Å²) >= 11 is 0. The summed E-state index contributed by atoms with van der Waals surface area (Å²) in [5.74, 6) is 0.904. The minimum absolute atomic E-state index is 0.00558. The summed E-state index contributed by atoms with van der Waals surface area (Å²) in [6, 6.07) is 8.14. The van der Waals surface area contributed by atoms with E-state index >= 15 is 0 Å². The van der Waals surface area contributed by atoms with Gasteiger partial charge < -0.3 is 15.2 Å². The maximum atomic E-state index is 9.31. The van der Waals surface area contributed by atoms with Crippen molar-refractivity contribution >= 4 is 0 Å². The van der Waals surface area contributed by atoms with Crippen LogP contribution in [0.5, 0.6) is 5.75 Å². The van der Waals surface area contributed by atoms with E-state index in [1.807, 2.05) is 12.1 Å². The first-order valence-corrected chi connectivity index (χ1v) is 6.58. The lowest BCUT2D eigenvalue weighted by atomic mass is 9.88. The maximum Gasteiger partial charge on any atom is 0.119 e. The van der Waals surface area contributed by atoms with Crippen LogP contribution in [-0.2, 0) is 6.42 Å². The Hall–Kier alpha value is -1.06. The quantitative estimate of drug-likeness (QED) is 0.696. The van der Waals surface area contributed by atoms with Crippen molar-refractivity contribution < 1.29 is 9.84 Å². The Balaban J connectivity index is 2.33. The first-order chi connectivity index (χ1) is 8.63. The SMILES string of the molecule is CCC(C)(CO)CNCCc1cccc(OC)c1. The maximum absolute atomic E-state index is 9.31. The number of methoxy groups -OCH3 is 1. The van der Waals surface area contributed by atoms with Gasteiger partial charge in [-0.25, -0.2) is 0 Å². The second-order valence-electron chi connectivity index (χ2n) is 5.10. The second-order valence-corrected chi connectivity index (χ2v) is 5.10. The lowest BCUT2D eigenvalue weighted by Crippen LogP contribution is -2.35. The first-order valence-electron chi connectivity index (χ1n) is 6.58. The largest absolute Gasteiger partial charge is 0.497 e. The Bertz CT molecular complexity index is 348. The number of hydrogen-bond donors (Lipinski definition) is 2. The number of ether oxygens (including phenoxy) is 1. The van der Waals surface area contributed by atoms with Crippen LogP contribution in [0.25, 0.3) is 0 Å². The standard InChI is InChI=1S/C15H25NO2/c1-4-15(2,12-17)11-16-9-8-13-6-5-7-14(10-13)18-3/h5-7,10,16-17H,4,8-9,11-12H2,1-3H3. The summed E-state index contributed by atoms with van der Waals surface area (Å²) in [7, 11) is 1.69. The molecule has 0 fully saturated rings. The van der Waals surface area contributed by atoms with E-state index in [1.165, 1.54) is 5.56 Å². The highest BCUT2D eigenvalue weighted by Gasteiger charge is 2.19. The minimum atomic E-state index is -0.00558. The molecule has 0 bridgehead atoms. The van der Waals surface area contributed by atoms with Gasteiger partial charge in [0.2, 0.25) is 0 Å². The van der Waals surface area contributed by atoms with Crippen LogP contribution in [0.1, 0.15) is 25.8 Å². The topological polar surface area (TPSA) is 41.5 Å². The third-order valence-corrected chi connectivity index (χ3v) is 3.51. The fraction of sp³-hybridized carbons (Fsp3) is 0.600. The molecule has 0 saturated heterocycles. The molecule has 18 heavy (non-hydrogen) atoms. The van der Waals surface area contributed by atoms with Crippen molar-refractivity contribution in [3.05, 3.63) is 29.8 Å². The molecule has 0 radical (unpaired) electrons.